The number of amides is 1. The molecule has 1 aromatic carbocycles. The van der Waals surface area contributed by atoms with Gasteiger partial charge < -0.3 is 5.32 Å². The van der Waals surface area contributed by atoms with E-state index in [0.717, 1.165) is 12.0 Å². The Bertz CT molecular complexity index is 798. The Morgan fingerprint density at radius 2 is 2.00 bits per heavy atom. The Balaban J connectivity index is 1.64. The van der Waals surface area contributed by atoms with Gasteiger partial charge in [-0.15, -0.1) is 21.5 Å². The van der Waals surface area contributed by atoms with Crippen molar-refractivity contribution in [3.05, 3.63) is 52.7 Å². The lowest BCUT2D eigenvalue weighted by atomic mass is 10.0. The number of benzene rings is 1. The number of thiophene rings is 1. The molecule has 0 saturated carbocycles. The van der Waals surface area contributed by atoms with Crippen LogP contribution in [0.4, 0.5) is 0 Å². The van der Waals surface area contributed by atoms with Crippen molar-refractivity contribution in [2.45, 2.75) is 32.9 Å². The molecule has 25 heavy (non-hydrogen) atoms. The van der Waals surface area contributed by atoms with Gasteiger partial charge in [0, 0.05) is 10.4 Å². The van der Waals surface area contributed by atoms with E-state index < -0.39 is 0 Å². The molecule has 1 amide bonds. The number of rotatable bonds is 7. The quantitative estimate of drug-likeness (QED) is 0.706. The molecule has 7 heteroatoms. The van der Waals surface area contributed by atoms with E-state index in [1.54, 1.807) is 11.3 Å². The summed E-state index contributed by atoms with van der Waals surface area (Å²) < 4.78 is 0. The molecule has 130 valence electrons. The largest absolute Gasteiger partial charge is 0.347 e. The summed E-state index contributed by atoms with van der Waals surface area (Å²) in [7, 11) is 0. The third kappa shape index (κ3) is 4.73. The average molecular weight is 355 g/mol. The minimum absolute atomic E-state index is 0.0182. The van der Waals surface area contributed by atoms with Crippen molar-refractivity contribution in [2.75, 3.05) is 0 Å². The van der Waals surface area contributed by atoms with Crippen molar-refractivity contribution < 1.29 is 4.79 Å². The fourth-order valence-corrected chi connectivity index (χ4v) is 3.38. The summed E-state index contributed by atoms with van der Waals surface area (Å²) >= 11 is 1.66. The molecule has 1 N–H and O–H groups in total. The number of nitrogens with one attached hydrogen (secondary N) is 1. The highest BCUT2D eigenvalue weighted by molar-refractivity contribution is 7.10. The van der Waals surface area contributed by atoms with Crippen molar-refractivity contribution in [2.24, 2.45) is 5.92 Å². The average Bonchev–Trinajstić information content (AvgIpc) is 3.26. The zero-order valence-electron chi connectivity index (χ0n) is 14.3. The second-order valence-electron chi connectivity index (χ2n) is 6.27. The van der Waals surface area contributed by atoms with Gasteiger partial charge in [0.2, 0.25) is 11.7 Å². The van der Waals surface area contributed by atoms with Crippen LogP contribution in [-0.4, -0.2) is 26.1 Å². The lowest BCUT2D eigenvalue weighted by molar-refractivity contribution is -0.122. The highest BCUT2D eigenvalue weighted by Crippen LogP contribution is 2.25. The van der Waals surface area contributed by atoms with Crippen LogP contribution in [0.25, 0.3) is 11.4 Å². The zero-order valence-corrected chi connectivity index (χ0v) is 15.1. The first-order valence-corrected chi connectivity index (χ1v) is 9.16. The second-order valence-corrected chi connectivity index (χ2v) is 7.25. The van der Waals surface area contributed by atoms with Crippen LogP contribution in [0.3, 0.4) is 0 Å². The second kappa shape index (κ2) is 8.02. The number of hydrogen-bond acceptors (Lipinski definition) is 5. The van der Waals surface area contributed by atoms with Crippen molar-refractivity contribution in [1.29, 1.82) is 0 Å². The molecule has 0 bridgehead atoms. The number of carbonyl (C=O) groups excluding carboxylic acids is 1. The Morgan fingerprint density at radius 3 is 2.68 bits per heavy atom. The van der Waals surface area contributed by atoms with E-state index >= 15 is 0 Å². The normalized spacial score (nSPS) is 12.3. The first-order valence-electron chi connectivity index (χ1n) is 8.28. The van der Waals surface area contributed by atoms with E-state index in [1.807, 2.05) is 41.8 Å². The number of tetrazole rings is 1. The highest BCUT2D eigenvalue weighted by Gasteiger charge is 2.18. The summed E-state index contributed by atoms with van der Waals surface area (Å²) in [5.41, 5.74) is 0.880. The molecule has 0 spiro atoms. The van der Waals surface area contributed by atoms with Gasteiger partial charge >= 0.3 is 0 Å². The van der Waals surface area contributed by atoms with Crippen molar-refractivity contribution >= 4 is 17.2 Å². The number of aromatic nitrogens is 4. The summed E-state index contributed by atoms with van der Waals surface area (Å²) in [6.07, 6.45) is 0.895. The lowest BCUT2D eigenvalue weighted by Crippen LogP contribution is -2.32. The first kappa shape index (κ1) is 17.3. The molecule has 0 aliphatic rings. The minimum Gasteiger partial charge on any atom is -0.347 e. The first-order chi connectivity index (χ1) is 12.1. The standard InChI is InChI=1S/C18H21N5OS/c1-13(2)11-15(16-9-6-10-25-16)19-17(24)12-23-21-18(20-22-23)14-7-4-3-5-8-14/h3-10,13,15H,11-12H2,1-2H3,(H,19,24). The predicted octanol–water partition coefficient (Wildman–Crippen LogP) is 3.31. The van der Waals surface area contributed by atoms with Crippen LogP contribution in [-0.2, 0) is 11.3 Å². The van der Waals surface area contributed by atoms with E-state index in [4.69, 9.17) is 0 Å². The summed E-state index contributed by atoms with van der Waals surface area (Å²) in [6.45, 7) is 4.36. The Hall–Kier alpha value is -2.54. The van der Waals surface area contributed by atoms with Gasteiger partial charge in [-0.1, -0.05) is 50.2 Å². The Labute approximate surface area is 150 Å². The van der Waals surface area contributed by atoms with Gasteiger partial charge in [0.1, 0.15) is 6.54 Å². The van der Waals surface area contributed by atoms with Gasteiger partial charge in [-0.25, -0.2) is 0 Å². The Morgan fingerprint density at radius 1 is 1.20 bits per heavy atom. The number of carbonyl (C=O) groups is 1. The SMILES string of the molecule is CC(C)CC(NC(=O)Cn1nnc(-c2ccccc2)n1)c1cccs1. The van der Waals surface area contributed by atoms with Crippen LogP contribution < -0.4 is 5.32 Å². The number of hydrogen-bond donors (Lipinski definition) is 1. The van der Waals surface area contributed by atoms with Gasteiger partial charge in [0.05, 0.1) is 6.04 Å². The van der Waals surface area contributed by atoms with Gasteiger partial charge in [-0.2, -0.15) is 4.80 Å². The zero-order chi connectivity index (χ0) is 17.6. The molecule has 3 rings (SSSR count). The molecule has 0 aliphatic carbocycles. The minimum atomic E-state index is -0.115. The fourth-order valence-electron chi connectivity index (χ4n) is 2.59. The topological polar surface area (TPSA) is 72.7 Å². The van der Waals surface area contributed by atoms with Crippen LogP contribution in [0.15, 0.2) is 47.8 Å². The molecule has 0 saturated heterocycles. The van der Waals surface area contributed by atoms with Crippen LogP contribution in [0, 0.1) is 5.92 Å². The van der Waals surface area contributed by atoms with E-state index in [-0.39, 0.29) is 18.5 Å². The van der Waals surface area contributed by atoms with Gasteiger partial charge in [0.25, 0.3) is 0 Å². The highest BCUT2D eigenvalue weighted by atomic mass is 32.1. The van der Waals surface area contributed by atoms with Crippen LogP contribution >= 0.6 is 11.3 Å². The molecule has 2 heterocycles. The van der Waals surface area contributed by atoms with Gasteiger partial charge in [0.15, 0.2) is 0 Å². The van der Waals surface area contributed by atoms with Crippen LogP contribution in [0.5, 0.6) is 0 Å². The molecule has 6 nitrogen and oxygen atoms in total. The molecular weight excluding hydrogens is 334 g/mol. The monoisotopic (exact) mass is 355 g/mol. The molecule has 2 aromatic heterocycles. The lowest BCUT2D eigenvalue weighted by Gasteiger charge is -2.19. The van der Waals surface area contributed by atoms with E-state index in [0.29, 0.717) is 11.7 Å². The number of nitrogens with zero attached hydrogens (tertiary/aromatic N) is 4. The van der Waals surface area contributed by atoms with E-state index in [9.17, 15) is 4.79 Å². The van der Waals surface area contributed by atoms with Crippen molar-refractivity contribution in [3.8, 4) is 11.4 Å². The van der Waals surface area contributed by atoms with Crippen molar-refractivity contribution in [3.63, 3.8) is 0 Å². The maximum atomic E-state index is 12.4. The third-order valence-electron chi connectivity index (χ3n) is 3.70. The molecular formula is C18H21N5OS. The van der Waals surface area contributed by atoms with E-state index in [2.05, 4.69) is 40.6 Å². The van der Waals surface area contributed by atoms with Crippen LogP contribution in [0.2, 0.25) is 0 Å². The predicted molar refractivity (Wildman–Crippen MR) is 97.9 cm³/mol. The summed E-state index contributed by atoms with van der Waals surface area (Å²) in [6, 6.07) is 13.7. The summed E-state index contributed by atoms with van der Waals surface area (Å²) in [4.78, 5) is 14.9. The third-order valence-corrected chi connectivity index (χ3v) is 4.68. The Kier molecular flexibility index (Phi) is 5.55. The maximum Gasteiger partial charge on any atom is 0.244 e. The van der Waals surface area contributed by atoms with Gasteiger partial charge in [-0.05, 0) is 29.0 Å². The molecule has 1 atom stereocenters. The smallest absolute Gasteiger partial charge is 0.244 e. The van der Waals surface area contributed by atoms with E-state index in [1.165, 1.54) is 9.67 Å². The summed E-state index contributed by atoms with van der Waals surface area (Å²) in [5.74, 6) is 0.892. The molecule has 0 fully saturated rings. The molecule has 0 radical (unpaired) electrons. The summed E-state index contributed by atoms with van der Waals surface area (Å²) in [5, 5.41) is 17.4. The van der Waals surface area contributed by atoms with Crippen molar-refractivity contribution in [1.82, 2.24) is 25.5 Å². The molecule has 0 aliphatic heterocycles. The van der Waals surface area contributed by atoms with Crippen LogP contribution in [0.1, 0.15) is 31.2 Å². The molecule has 3 aromatic rings. The van der Waals surface area contributed by atoms with Gasteiger partial charge in [-0.3, -0.25) is 4.79 Å². The fraction of sp³-hybridized carbons (Fsp3) is 0.333. The maximum absolute atomic E-state index is 12.4. The molecule has 1 unspecified atom stereocenters.